The van der Waals surface area contributed by atoms with Crippen LogP contribution in [0.15, 0.2) is 36.4 Å². The minimum absolute atomic E-state index is 0.174. The summed E-state index contributed by atoms with van der Waals surface area (Å²) in [5.74, 6) is -3.77. The molecule has 0 radical (unpaired) electrons. The van der Waals surface area contributed by atoms with Crippen LogP contribution >= 0.6 is 0 Å². The Hall–Kier alpha value is -3.04. The number of aromatic carboxylic acids is 2. The van der Waals surface area contributed by atoms with Gasteiger partial charge in [0.15, 0.2) is 0 Å². The smallest absolute Gasteiger partial charge is 0.417 e. The number of hydrogen-bond acceptors (Lipinski definition) is 2. The Labute approximate surface area is 141 Å². The van der Waals surface area contributed by atoms with Gasteiger partial charge in [0.25, 0.3) is 0 Å². The topological polar surface area (TPSA) is 74.6 Å². The number of carboxylic acids is 2. The molecule has 0 unspecified atom stereocenters. The van der Waals surface area contributed by atoms with Crippen molar-refractivity contribution in [2.24, 2.45) is 0 Å². The van der Waals surface area contributed by atoms with E-state index in [0.29, 0.717) is 24.3 Å². The number of alkyl halides is 6. The van der Waals surface area contributed by atoms with Crippen LogP contribution in [-0.4, -0.2) is 22.2 Å². The fraction of sp³-hybridized carbons (Fsp3) is 0.125. The molecule has 0 aromatic heterocycles. The van der Waals surface area contributed by atoms with Crippen molar-refractivity contribution < 1.29 is 46.1 Å². The lowest BCUT2D eigenvalue weighted by atomic mass is 9.95. The zero-order valence-corrected chi connectivity index (χ0v) is 12.4. The Morgan fingerprint density at radius 1 is 0.654 bits per heavy atom. The Balaban J connectivity index is 2.66. The summed E-state index contributed by atoms with van der Waals surface area (Å²) in [5, 5.41) is 17.9. The van der Waals surface area contributed by atoms with Gasteiger partial charge >= 0.3 is 24.3 Å². The van der Waals surface area contributed by atoms with Gasteiger partial charge in [0.1, 0.15) is 0 Å². The maximum Gasteiger partial charge on any atom is 0.417 e. The van der Waals surface area contributed by atoms with Crippen molar-refractivity contribution in [3.05, 3.63) is 58.7 Å². The molecule has 0 saturated heterocycles. The van der Waals surface area contributed by atoms with Crippen molar-refractivity contribution in [2.45, 2.75) is 12.4 Å². The Kier molecular flexibility index (Phi) is 4.71. The molecule has 0 fully saturated rings. The Bertz CT molecular complexity index is 810. The first kappa shape index (κ1) is 19.3. The molecule has 4 nitrogen and oxygen atoms in total. The minimum atomic E-state index is -4.95. The number of rotatable bonds is 3. The summed E-state index contributed by atoms with van der Waals surface area (Å²) in [6.07, 6.45) is -9.89. The highest BCUT2D eigenvalue weighted by Gasteiger charge is 2.37. The molecule has 2 aromatic rings. The van der Waals surface area contributed by atoms with Crippen molar-refractivity contribution in [1.82, 2.24) is 0 Å². The summed E-state index contributed by atoms with van der Waals surface area (Å²) in [7, 11) is 0. The van der Waals surface area contributed by atoms with E-state index >= 15 is 0 Å². The average molecular weight is 378 g/mol. The normalized spacial score (nSPS) is 12.1. The van der Waals surface area contributed by atoms with E-state index in [1.807, 2.05) is 0 Å². The number of carboxylic acid groups (broad SMARTS) is 2. The average Bonchev–Trinajstić information content (AvgIpc) is 2.51. The molecular formula is C16H8F6O4. The second kappa shape index (κ2) is 6.36. The van der Waals surface area contributed by atoms with E-state index in [9.17, 15) is 35.9 Å². The van der Waals surface area contributed by atoms with Gasteiger partial charge in [0.2, 0.25) is 0 Å². The Morgan fingerprint density at radius 3 is 1.19 bits per heavy atom. The molecule has 138 valence electrons. The van der Waals surface area contributed by atoms with Gasteiger partial charge in [0, 0.05) is 0 Å². The molecular weight excluding hydrogens is 370 g/mol. The van der Waals surface area contributed by atoms with E-state index in [4.69, 9.17) is 10.2 Å². The van der Waals surface area contributed by atoms with Crippen molar-refractivity contribution in [2.75, 3.05) is 0 Å². The lowest BCUT2D eigenvalue weighted by molar-refractivity contribution is -0.138. The zero-order chi connectivity index (χ0) is 19.9. The molecule has 0 aliphatic carbocycles. The largest absolute Gasteiger partial charge is 0.478 e. The molecule has 0 aliphatic heterocycles. The summed E-state index contributed by atoms with van der Waals surface area (Å²) in [5.41, 5.74) is -5.42. The Morgan fingerprint density at radius 2 is 0.962 bits per heavy atom. The lowest BCUT2D eigenvalue weighted by Crippen LogP contribution is -2.14. The summed E-state index contributed by atoms with van der Waals surface area (Å²) < 4.78 is 77.0. The summed E-state index contributed by atoms with van der Waals surface area (Å²) in [4.78, 5) is 22.1. The highest BCUT2D eigenvalue weighted by molar-refractivity contribution is 5.93. The second-order valence-corrected chi connectivity index (χ2v) is 5.13. The molecule has 0 bridgehead atoms. The fourth-order valence-corrected chi connectivity index (χ4v) is 2.30. The van der Waals surface area contributed by atoms with E-state index in [0.717, 1.165) is 12.1 Å². The van der Waals surface area contributed by atoms with Crippen molar-refractivity contribution in [1.29, 1.82) is 0 Å². The van der Waals surface area contributed by atoms with E-state index in [2.05, 4.69) is 0 Å². The number of hydrogen-bond donors (Lipinski definition) is 2. The molecule has 2 N–H and O–H groups in total. The van der Waals surface area contributed by atoms with Gasteiger partial charge in [-0.1, -0.05) is 12.1 Å². The van der Waals surface area contributed by atoms with Gasteiger partial charge in [-0.05, 0) is 35.4 Å². The van der Waals surface area contributed by atoms with Crippen LogP contribution in [0.25, 0.3) is 11.1 Å². The number of benzene rings is 2. The van der Waals surface area contributed by atoms with Crippen LogP contribution in [0.4, 0.5) is 26.3 Å². The predicted molar refractivity (Wildman–Crippen MR) is 75.8 cm³/mol. The predicted octanol–water partition coefficient (Wildman–Crippen LogP) is 4.79. The standard InChI is InChI=1S/C16H8F6O4/c17-15(18,19)11-3-1-7(5-9(11)13(23)24)8-2-4-12(16(20,21)22)10(6-8)14(25)26/h1-6H,(H,23,24)(H,25,26). The van der Waals surface area contributed by atoms with Crippen LogP contribution in [-0.2, 0) is 12.4 Å². The van der Waals surface area contributed by atoms with Crippen LogP contribution in [0.5, 0.6) is 0 Å². The van der Waals surface area contributed by atoms with E-state index in [1.165, 1.54) is 0 Å². The fourth-order valence-electron chi connectivity index (χ4n) is 2.30. The van der Waals surface area contributed by atoms with Gasteiger partial charge < -0.3 is 10.2 Å². The molecule has 10 heteroatoms. The van der Waals surface area contributed by atoms with Crippen LogP contribution in [0.1, 0.15) is 31.8 Å². The molecule has 0 spiro atoms. The van der Waals surface area contributed by atoms with E-state index < -0.39 is 46.5 Å². The number of carbonyl (C=O) groups is 2. The molecule has 0 amide bonds. The third-order valence-electron chi connectivity index (χ3n) is 3.44. The molecule has 0 saturated carbocycles. The molecule has 26 heavy (non-hydrogen) atoms. The first-order valence-electron chi connectivity index (χ1n) is 6.72. The molecule has 0 aliphatic rings. The van der Waals surface area contributed by atoms with Gasteiger partial charge in [-0.25, -0.2) is 9.59 Å². The SMILES string of the molecule is O=C(O)c1cc(-c2ccc(C(F)(F)F)c(C(=O)O)c2)ccc1C(F)(F)F. The van der Waals surface area contributed by atoms with Crippen LogP contribution in [0, 0.1) is 0 Å². The third kappa shape index (κ3) is 3.79. The lowest BCUT2D eigenvalue weighted by Gasteiger charge is -2.14. The van der Waals surface area contributed by atoms with Crippen molar-refractivity contribution >= 4 is 11.9 Å². The van der Waals surface area contributed by atoms with Gasteiger partial charge in [0.05, 0.1) is 22.3 Å². The monoisotopic (exact) mass is 378 g/mol. The first-order valence-corrected chi connectivity index (χ1v) is 6.72. The first-order chi connectivity index (χ1) is 11.8. The molecule has 0 heterocycles. The van der Waals surface area contributed by atoms with E-state index in [-0.39, 0.29) is 11.1 Å². The molecule has 2 rings (SSSR count). The maximum atomic E-state index is 12.8. The van der Waals surface area contributed by atoms with Gasteiger partial charge in [-0.3, -0.25) is 0 Å². The summed E-state index contributed by atoms with van der Waals surface area (Å²) in [6, 6.07) is 3.89. The van der Waals surface area contributed by atoms with Crippen LogP contribution in [0.2, 0.25) is 0 Å². The highest BCUT2D eigenvalue weighted by Crippen LogP contribution is 2.37. The third-order valence-corrected chi connectivity index (χ3v) is 3.44. The van der Waals surface area contributed by atoms with Gasteiger partial charge in [-0.2, -0.15) is 26.3 Å². The zero-order valence-electron chi connectivity index (χ0n) is 12.4. The molecule has 0 atom stereocenters. The second-order valence-electron chi connectivity index (χ2n) is 5.13. The number of halogens is 6. The molecule has 2 aromatic carbocycles. The summed E-state index contributed by atoms with van der Waals surface area (Å²) >= 11 is 0. The van der Waals surface area contributed by atoms with Crippen molar-refractivity contribution in [3.8, 4) is 11.1 Å². The quantitative estimate of drug-likeness (QED) is 0.754. The van der Waals surface area contributed by atoms with Crippen LogP contribution < -0.4 is 0 Å². The van der Waals surface area contributed by atoms with E-state index in [1.54, 1.807) is 0 Å². The van der Waals surface area contributed by atoms with Crippen molar-refractivity contribution in [3.63, 3.8) is 0 Å². The maximum absolute atomic E-state index is 12.8. The highest BCUT2D eigenvalue weighted by atomic mass is 19.4. The minimum Gasteiger partial charge on any atom is -0.478 e. The van der Waals surface area contributed by atoms with Crippen LogP contribution in [0.3, 0.4) is 0 Å². The van der Waals surface area contributed by atoms with Gasteiger partial charge in [-0.15, -0.1) is 0 Å². The summed E-state index contributed by atoms with van der Waals surface area (Å²) in [6.45, 7) is 0.